The van der Waals surface area contributed by atoms with Crippen molar-refractivity contribution in [2.75, 3.05) is 13.6 Å². The summed E-state index contributed by atoms with van der Waals surface area (Å²) in [7, 11) is 2.00. The van der Waals surface area contributed by atoms with E-state index in [4.69, 9.17) is 0 Å². The first-order valence-electron chi connectivity index (χ1n) is 4.92. The lowest BCUT2D eigenvalue weighted by Gasteiger charge is -1.99. The fourth-order valence-electron chi connectivity index (χ4n) is 1.64. The summed E-state index contributed by atoms with van der Waals surface area (Å²) in [6.45, 7) is 3.20. The van der Waals surface area contributed by atoms with E-state index < -0.39 is 0 Å². The van der Waals surface area contributed by atoms with Crippen LogP contribution in [0.15, 0.2) is 23.6 Å². The lowest BCUT2D eigenvalue weighted by Crippen LogP contribution is -2.09. The van der Waals surface area contributed by atoms with Gasteiger partial charge in [-0.05, 0) is 54.9 Å². The maximum Gasteiger partial charge on any atom is 0.0348 e. The van der Waals surface area contributed by atoms with Gasteiger partial charge in [-0.25, -0.2) is 0 Å². The second-order valence-electron chi connectivity index (χ2n) is 3.61. The van der Waals surface area contributed by atoms with E-state index in [9.17, 15) is 0 Å². The van der Waals surface area contributed by atoms with Crippen LogP contribution in [0.5, 0.6) is 0 Å². The Balaban J connectivity index is 2.37. The van der Waals surface area contributed by atoms with Gasteiger partial charge in [-0.15, -0.1) is 11.3 Å². The Hall–Kier alpha value is -0.860. The molecule has 1 N–H and O–H groups in total. The Bertz CT molecular complexity index is 431. The highest BCUT2D eigenvalue weighted by Crippen LogP contribution is 2.26. The summed E-state index contributed by atoms with van der Waals surface area (Å²) in [5.74, 6) is 0. The van der Waals surface area contributed by atoms with Gasteiger partial charge in [-0.2, -0.15) is 0 Å². The molecule has 0 saturated heterocycles. The standard InChI is InChI=1S/C12H15NS/c1-9-3-4-11-10(5-6-13-2)8-14-12(11)7-9/h3-4,7-8,13H,5-6H2,1-2H3. The third-order valence-corrected chi connectivity index (χ3v) is 3.45. The quantitative estimate of drug-likeness (QED) is 0.812. The molecule has 0 aliphatic heterocycles. The molecule has 0 bridgehead atoms. The monoisotopic (exact) mass is 205 g/mol. The number of thiophene rings is 1. The molecule has 2 aromatic rings. The van der Waals surface area contributed by atoms with Crippen molar-refractivity contribution in [1.82, 2.24) is 5.32 Å². The van der Waals surface area contributed by atoms with Crippen molar-refractivity contribution < 1.29 is 0 Å². The van der Waals surface area contributed by atoms with Crippen LogP contribution in [0.4, 0.5) is 0 Å². The number of hydrogen-bond acceptors (Lipinski definition) is 2. The van der Waals surface area contributed by atoms with Crippen LogP contribution < -0.4 is 5.32 Å². The van der Waals surface area contributed by atoms with Gasteiger partial charge in [-0.1, -0.05) is 12.1 Å². The molecule has 0 atom stereocenters. The summed E-state index contributed by atoms with van der Waals surface area (Å²) in [5, 5.41) is 6.89. The van der Waals surface area contributed by atoms with E-state index >= 15 is 0 Å². The molecule has 1 nitrogen and oxygen atoms in total. The summed E-state index contributed by atoms with van der Waals surface area (Å²) in [6, 6.07) is 6.70. The predicted molar refractivity (Wildman–Crippen MR) is 64.2 cm³/mol. The predicted octanol–water partition coefficient (Wildman–Crippen LogP) is 2.97. The molecule has 0 radical (unpaired) electrons. The minimum atomic E-state index is 1.06. The Kier molecular flexibility index (Phi) is 2.85. The zero-order chi connectivity index (χ0) is 9.97. The molecule has 74 valence electrons. The van der Waals surface area contributed by atoms with Crippen molar-refractivity contribution in [3.05, 3.63) is 34.7 Å². The third-order valence-electron chi connectivity index (χ3n) is 2.46. The Morgan fingerprint density at radius 2 is 2.21 bits per heavy atom. The number of aryl methyl sites for hydroxylation is 1. The van der Waals surface area contributed by atoms with Crippen LogP contribution in [-0.4, -0.2) is 13.6 Å². The lowest BCUT2D eigenvalue weighted by molar-refractivity contribution is 0.796. The zero-order valence-electron chi connectivity index (χ0n) is 8.63. The number of nitrogens with one attached hydrogen (secondary N) is 1. The van der Waals surface area contributed by atoms with Gasteiger partial charge in [0.2, 0.25) is 0 Å². The van der Waals surface area contributed by atoms with Crippen molar-refractivity contribution in [3.8, 4) is 0 Å². The second kappa shape index (κ2) is 4.11. The van der Waals surface area contributed by atoms with Gasteiger partial charge in [0.15, 0.2) is 0 Å². The molecule has 0 spiro atoms. The van der Waals surface area contributed by atoms with Gasteiger partial charge in [0.1, 0.15) is 0 Å². The van der Waals surface area contributed by atoms with Crippen LogP contribution in [0, 0.1) is 6.92 Å². The van der Waals surface area contributed by atoms with Crippen molar-refractivity contribution in [1.29, 1.82) is 0 Å². The Labute approximate surface area is 88.8 Å². The molecule has 0 fully saturated rings. The molecule has 0 amide bonds. The molecule has 1 aromatic heterocycles. The number of likely N-dealkylation sites (N-methyl/N-ethyl adjacent to an activating group) is 1. The van der Waals surface area contributed by atoms with E-state index in [-0.39, 0.29) is 0 Å². The number of fused-ring (bicyclic) bond motifs is 1. The highest BCUT2D eigenvalue weighted by atomic mass is 32.1. The van der Waals surface area contributed by atoms with Crippen molar-refractivity contribution in [3.63, 3.8) is 0 Å². The van der Waals surface area contributed by atoms with Gasteiger partial charge in [-0.3, -0.25) is 0 Å². The van der Waals surface area contributed by atoms with E-state index in [2.05, 4.69) is 35.8 Å². The van der Waals surface area contributed by atoms with Gasteiger partial charge in [0, 0.05) is 4.70 Å². The Morgan fingerprint density at radius 1 is 1.36 bits per heavy atom. The maximum atomic E-state index is 3.19. The van der Waals surface area contributed by atoms with Crippen molar-refractivity contribution in [2.45, 2.75) is 13.3 Å². The fourth-order valence-corrected chi connectivity index (χ4v) is 2.74. The molecule has 2 rings (SSSR count). The largest absolute Gasteiger partial charge is 0.319 e. The van der Waals surface area contributed by atoms with E-state index in [1.165, 1.54) is 21.2 Å². The van der Waals surface area contributed by atoms with Gasteiger partial charge in [0.25, 0.3) is 0 Å². The highest BCUT2D eigenvalue weighted by molar-refractivity contribution is 7.17. The highest BCUT2D eigenvalue weighted by Gasteiger charge is 2.02. The van der Waals surface area contributed by atoms with Crippen molar-refractivity contribution in [2.24, 2.45) is 0 Å². The van der Waals surface area contributed by atoms with Crippen LogP contribution in [-0.2, 0) is 6.42 Å². The van der Waals surface area contributed by atoms with E-state index in [0.29, 0.717) is 0 Å². The Morgan fingerprint density at radius 3 is 3.00 bits per heavy atom. The average Bonchev–Trinajstić information content (AvgIpc) is 2.57. The summed E-state index contributed by atoms with van der Waals surface area (Å²) >= 11 is 1.85. The van der Waals surface area contributed by atoms with Crippen LogP contribution in [0.1, 0.15) is 11.1 Å². The topological polar surface area (TPSA) is 12.0 Å². The molecular weight excluding hydrogens is 190 g/mol. The molecular formula is C12H15NS. The van der Waals surface area contributed by atoms with Crippen LogP contribution in [0.3, 0.4) is 0 Å². The van der Waals surface area contributed by atoms with Crippen LogP contribution >= 0.6 is 11.3 Å². The molecule has 2 heteroatoms. The zero-order valence-corrected chi connectivity index (χ0v) is 9.45. The lowest BCUT2D eigenvalue weighted by atomic mass is 10.1. The second-order valence-corrected chi connectivity index (χ2v) is 4.53. The van der Waals surface area contributed by atoms with E-state index in [1.807, 2.05) is 18.4 Å². The summed E-state index contributed by atoms with van der Waals surface area (Å²) in [5.41, 5.74) is 2.82. The molecule has 0 aliphatic rings. The van der Waals surface area contributed by atoms with Crippen LogP contribution in [0.25, 0.3) is 10.1 Å². The van der Waals surface area contributed by atoms with Crippen LogP contribution in [0.2, 0.25) is 0 Å². The van der Waals surface area contributed by atoms with Gasteiger partial charge in [0.05, 0.1) is 0 Å². The minimum Gasteiger partial charge on any atom is -0.319 e. The number of benzene rings is 1. The van der Waals surface area contributed by atoms with Gasteiger partial charge < -0.3 is 5.32 Å². The SMILES string of the molecule is CNCCc1csc2cc(C)ccc12. The normalized spacial score (nSPS) is 11.0. The van der Waals surface area contributed by atoms with E-state index in [1.54, 1.807) is 0 Å². The number of hydrogen-bond donors (Lipinski definition) is 1. The number of rotatable bonds is 3. The first kappa shape index (κ1) is 9.69. The molecule has 0 unspecified atom stereocenters. The molecule has 0 saturated carbocycles. The summed E-state index contributed by atoms with van der Waals surface area (Å²) < 4.78 is 1.41. The smallest absolute Gasteiger partial charge is 0.0348 e. The third kappa shape index (κ3) is 1.81. The molecule has 14 heavy (non-hydrogen) atoms. The molecule has 1 aromatic carbocycles. The van der Waals surface area contributed by atoms with Crippen molar-refractivity contribution >= 4 is 21.4 Å². The summed E-state index contributed by atoms with van der Waals surface area (Å²) in [4.78, 5) is 0. The van der Waals surface area contributed by atoms with Gasteiger partial charge >= 0.3 is 0 Å². The molecule has 1 heterocycles. The molecule has 0 aliphatic carbocycles. The summed E-state index contributed by atoms with van der Waals surface area (Å²) in [6.07, 6.45) is 1.12. The first-order valence-corrected chi connectivity index (χ1v) is 5.80. The minimum absolute atomic E-state index is 1.06. The first-order chi connectivity index (χ1) is 6.81. The fraction of sp³-hybridized carbons (Fsp3) is 0.333. The van der Waals surface area contributed by atoms with E-state index in [0.717, 1.165) is 13.0 Å². The maximum absolute atomic E-state index is 3.19. The average molecular weight is 205 g/mol.